The number of aliphatic hydroxyl groups excluding tert-OH is 1. The molecule has 0 saturated heterocycles. The number of aromatic nitrogens is 4. The molecule has 1 aromatic carbocycles. The van der Waals surface area contributed by atoms with Gasteiger partial charge in [0.25, 0.3) is 0 Å². The second-order valence-corrected chi connectivity index (χ2v) is 10.2. The first-order chi connectivity index (χ1) is 16.4. The molecule has 0 bridgehead atoms. The zero-order valence-electron chi connectivity index (χ0n) is 18.5. The Bertz CT molecular complexity index is 1400. The standard InChI is InChI=1S/C25H26ClFN6O/c26-19-10-18-20(27)6-12(7-21(18)32-24(19)29)5-16(13-1-2-13)17-8-14(9-22(17)34)33-4-3-15-23(28)30-11-31-25(15)33/h3-4,6-7,10-11,13-14,16-17,22,34H,1-2,5,8-9H2,(H2,29,32)(H2,28,30,31)/t14?,16?,17?,22-/m0/s1. The molecule has 0 spiro atoms. The molecule has 176 valence electrons. The molecule has 6 rings (SSSR count). The minimum absolute atomic E-state index is 0.121. The highest BCUT2D eigenvalue weighted by atomic mass is 35.5. The monoisotopic (exact) mass is 480 g/mol. The van der Waals surface area contributed by atoms with Gasteiger partial charge in [0.15, 0.2) is 0 Å². The summed E-state index contributed by atoms with van der Waals surface area (Å²) in [6, 6.07) is 7.07. The molecule has 4 aromatic rings. The van der Waals surface area contributed by atoms with E-state index in [0.717, 1.165) is 35.9 Å². The molecule has 0 aliphatic heterocycles. The number of rotatable bonds is 5. The highest BCUT2D eigenvalue weighted by Crippen LogP contribution is 2.50. The van der Waals surface area contributed by atoms with Gasteiger partial charge in [0.1, 0.15) is 29.4 Å². The van der Waals surface area contributed by atoms with E-state index >= 15 is 0 Å². The van der Waals surface area contributed by atoms with Crippen LogP contribution in [0.3, 0.4) is 0 Å². The number of nitrogen functional groups attached to an aromatic ring is 2. The van der Waals surface area contributed by atoms with E-state index in [1.54, 1.807) is 6.07 Å². The van der Waals surface area contributed by atoms with Crippen LogP contribution in [0.4, 0.5) is 16.0 Å². The summed E-state index contributed by atoms with van der Waals surface area (Å²) in [6.45, 7) is 0. The lowest BCUT2D eigenvalue weighted by Crippen LogP contribution is -2.26. The second-order valence-electron chi connectivity index (χ2n) is 9.78. The van der Waals surface area contributed by atoms with Crippen molar-refractivity contribution in [3.8, 4) is 0 Å². The number of pyridine rings is 1. The molecule has 3 heterocycles. The Kier molecular flexibility index (Phi) is 5.11. The van der Waals surface area contributed by atoms with Crippen molar-refractivity contribution in [3.63, 3.8) is 0 Å². The van der Waals surface area contributed by atoms with Gasteiger partial charge in [0.05, 0.1) is 22.0 Å². The van der Waals surface area contributed by atoms with Crippen LogP contribution in [-0.4, -0.2) is 30.7 Å². The van der Waals surface area contributed by atoms with Crippen LogP contribution in [0.15, 0.2) is 36.8 Å². The van der Waals surface area contributed by atoms with Crippen molar-refractivity contribution in [2.45, 2.75) is 44.2 Å². The number of aliphatic hydroxyl groups is 1. The fourth-order valence-corrected chi connectivity index (χ4v) is 6.00. The van der Waals surface area contributed by atoms with Crippen LogP contribution in [0, 0.1) is 23.6 Å². The summed E-state index contributed by atoms with van der Waals surface area (Å²) in [5.41, 5.74) is 14.0. The van der Waals surface area contributed by atoms with E-state index in [2.05, 4.69) is 19.5 Å². The van der Waals surface area contributed by atoms with Crippen molar-refractivity contribution in [3.05, 3.63) is 53.2 Å². The van der Waals surface area contributed by atoms with Crippen LogP contribution < -0.4 is 11.5 Å². The van der Waals surface area contributed by atoms with Crippen molar-refractivity contribution in [2.75, 3.05) is 11.5 Å². The molecule has 2 fully saturated rings. The van der Waals surface area contributed by atoms with Gasteiger partial charge in [-0.15, -0.1) is 0 Å². The molecule has 2 saturated carbocycles. The number of hydrogen-bond donors (Lipinski definition) is 3. The molecule has 34 heavy (non-hydrogen) atoms. The van der Waals surface area contributed by atoms with Crippen molar-refractivity contribution in [2.24, 2.45) is 17.8 Å². The third-order valence-electron chi connectivity index (χ3n) is 7.66. The average Bonchev–Trinajstić information content (AvgIpc) is 3.43. The number of benzene rings is 1. The summed E-state index contributed by atoms with van der Waals surface area (Å²) in [4.78, 5) is 12.8. The van der Waals surface area contributed by atoms with Crippen LogP contribution in [0.2, 0.25) is 5.02 Å². The number of fused-ring (bicyclic) bond motifs is 2. The van der Waals surface area contributed by atoms with Gasteiger partial charge in [-0.1, -0.05) is 11.6 Å². The van der Waals surface area contributed by atoms with Gasteiger partial charge in [0, 0.05) is 17.6 Å². The fourth-order valence-electron chi connectivity index (χ4n) is 5.85. The number of halogens is 2. The first kappa shape index (κ1) is 21.6. The Morgan fingerprint density at radius 1 is 1.12 bits per heavy atom. The van der Waals surface area contributed by atoms with Crippen molar-refractivity contribution in [1.29, 1.82) is 0 Å². The first-order valence-corrected chi connectivity index (χ1v) is 12.1. The quantitative estimate of drug-likeness (QED) is 0.387. The fraction of sp³-hybridized carbons (Fsp3) is 0.400. The molecule has 2 aliphatic rings. The number of hydrogen-bond acceptors (Lipinski definition) is 6. The molecule has 9 heteroatoms. The largest absolute Gasteiger partial charge is 0.393 e. The third kappa shape index (κ3) is 3.65. The maximum absolute atomic E-state index is 14.9. The zero-order chi connectivity index (χ0) is 23.6. The summed E-state index contributed by atoms with van der Waals surface area (Å²) in [7, 11) is 0. The molecule has 3 aromatic heterocycles. The predicted molar refractivity (Wildman–Crippen MR) is 131 cm³/mol. The summed E-state index contributed by atoms with van der Waals surface area (Å²) in [5.74, 6) is 1.24. The Balaban J connectivity index is 1.29. The SMILES string of the molecule is Nc1nc2cc(CC(C3CC3)C3CC(n4ccc5c(N)ncnc54)C[C@@H]3O)cc(F)c2cc1Cl. The lowest BCUT2D eigenvalue weighted by molar-refractivity contribution is 0.0895. The highest BCUT2D eigenvalue weighted by molar-refractivity contribution is 6.33. The molecular weight excluding hydrogens is 455 g/mol. The minimum Gasteiger partial charge on any atom is -0.393 e. The van der Waals surface area contributed by atoms with Crippen LogP contribution in [-0.2, 0) is 6.42 Å². The topological polar surface area (TPSA) is 116 Å². The first-order valence-electron chi connectivity index (χ1n) is 11.7. The lowest BCUT2D eigenvalue weighted by Gasteiger charge is -2.26. The number of nitrogens with two attached hydrogens (primary N) is 2. The summed E-state index contributed by atoms with van der Waals surface area (Å²) in [5, 5.41) is 12.6. The van der Waals surface area contributed by atoms with E-state index in [0.29, 0.717) is 35.5 Å². The number of anilines is 2. The molecule has 7 nitrogen and oxygen atoms in total. The highest BCUT2D eigenvalue weighted by Gasteiger charge is 2.44. The number of nitrogens with zero attached hydrogens (tertiary/aromatic N) is 4. The molecular formula is C25H26ClFN6O. The van der Waals surface area contributed by atoms with Gasteiger partial charge in [-0.05, 0) is 79.7 Å². The summed E-state index contributed by atoms with van der Waals surface area (Å²) < 4.78 is 17.0. The van der Waals surface area contributed by atoms with Crippen LogP contribution in [0.1, 0.15) is 37.3 Å². The van der Waals surface area contributed by atoms with Crippen LogP contribution in [0.5, 0.6) is 0 Å². The van der Waals surface area contributed by atoms with E-state index in [1.165, 1.54) is 12.4 Å². The maximum Gasteiger partial charge on any atom is 0.145 e. The molecule has 4 atom stereocenters. The summed E-state index contributed by atoms with van der Waals surface area (Å²) in [6.07, 6.45) is 7.52. The average molecular weight is 481 g/mol. The van der Waals surface area contributed by atoms with Crippen LogP contribution >= 0.6 is 11.6 Å². The van der Waals surface area contributed by atoms with E-state index in [9.17, 15) is 9.50 Å². The van der Waals surface area contributed by atoms with Crippen molar-refractivity contribution >= 4 is 45.2 Å². The smallest absolute Gasteiger partial charge is 0.145 e. The lowest BCUT2D eigenvalue weighted by atomic mass is 9.80. The van der Waals surface area contributed by atoms with Gasteiger partial charge in [-0.3, -0.25) is 0 Å². The normalized spacial score (nSPS) is 23.7. The van der Waals surface area contributed by atoms with E-state index in [1.807, 2.05) is 18.3 Å². The van der Waals surface area contributed by atoms with E-state index in [-0.39, 0.29) is 34.5 Å². The van der Waals surface area contributed by atoms with Crippen molar-refractivity contribution < 1.29 is 9.50 Å². The Morgan fingerprint density at radius 3 is 2.74 bits per heavy atom. The molecule has 0 amide bonds. The van der Waals surface area contributed by atoms with Gasteiger partial charge < -0.3 is 21.1 Å². The third-order valence-corrected chi connectivity index (χ3v) is 7.96. The molecule has 5 N–H and O–H groups in total. The van der Waals surface area contributed by atoms with E-state index in [4.69, 9.17) is 23.1 Å². The molecule has 3 unspecified atom stereocenters. The summed E-state index contributed by atoms with van der Waals surface area (Å²) >= 11 is 6.04. The molecule has 2 aliphatic carbocycles. The Morgan fingerprint density at radius 2 is 1.94 bits per heavy atom. The minimum atomic E-state index is -0.426. The van der Waals surface area contributed by atoms with Gasteiger partial charge in [0.2, 0.25) is 0 Å². The maximum atomic E-state index is 14.9. The van der Waals surface area contributed by atoms with Gasteiger partial charge in [-0.25, -0.2) is 19.3 Å². The van der Waals surface area contributed by atoms with Gasteiger partial charge in [-0.2, -0.15) is 0 Å². The van der Waals surface area contributed by atoms with Crippen LogP contribution in [0.25, 0.3) is 21.9 Å². The van der Waals surface area contributed by atoms with Gasteiger partial charge >= 0.3 is 0 Å². The Hall–Kier alpha value is -2.97. The zero-order valence-corrected chi connectivity index (χ0v) is 19.3. The van der Waals surface area contributed by atoms with E-state index < -0.39 is 6.10 Å². The second kappa shape index (κ2) is 8.06. The van der Waals surface area contributed by atoms with Crippen molar-refractivity contribution in [1.82, 2.24) is 19.5 Å². The molecule has 0 radical (unpaired) electrons. The Labute approximate surface area is 201 Å². The predicted octanol–water partition coefficient (Wildman–Crippen LogP) is 4.52.